The van der Waals surface area contributed by atoms with Gasteiger partial charge in [0.15, 0.2) is 0 Å². The van der Waals surface area contributed by atoms with Gasteiger partial charge in [-0.2, -0.15) is 0 Å². The fourth-order valence-corrected chi connectivity index (χ4v) is 7.97. The summed E-state index contributed by atoms with van der Waals surface area (Å²) in [6.45, 7) is 0. The number of benzene rings is 6. The van der Waals surface area contributed by atoms with Crippen molar-refractivity contribution in [1.82, 2.24) is 9.97 Å². The Morgan fingerprint density at radius 2 is 1.26 bits per heavy atom. The molecule has 0 N–H and O–H groups in total. The molecule has 9 rings (SSSR count). The molecule has 0 saturated carbocycles. The van der Waals surface area contributed by atoms with Gasteiger partial charge in [0.1, 0.15) is 0 Å². The third-order valence-electron chi connectivity index (χ3n) is 8.78. The highest BCUT2D eigenvalue weighted by Gasteiger charge is 2.16. The molecule has 0 bridgehead atoms. The van der Waals surface area contributed by atoms with E-state index in [1.165, 1.54) is 53.2 Å². The first-order chi connectivity index (χ1) is 21.3. The van der Waals surface area contributed by atoms with Gasteiger partial charge in [-0.15, -0.1) is 11.3 Å². The molecule has 0 aliphatic heterocycles. The van der Waals surface area contributed by atoms with Crippen molar-refractivity contribution >= 4 is 75.2 Å². The van der Waals surface area contributed by atoms with Crippen LogP contribution in [-0.2, 0) is 0 Å². The van der Waals surface area contributed by atoms with E-state index in [2.05, 4.69) is 127 Å². The lowest BCUT2D eigenvalue weighted by atomic mass is 9.89. The van der Waals surface area contributed by atoms with Crippen molar-refractivity contribution in [3.8, 4) is 11.3 Å². The van der Waals surface area contributed by atoms with E-state index in [4.69, 9.17) is 9.97 Å². The molecule has 1 aliphatic rings. The molecule has 8 aromatic rings. The summed E-state index contributed by atoms with van der Waals surface area (Å²) in [7, 11) is 0. The van der Waals surface area contributed by atoms with E-state index in [1.807, 2.05) is 17.5 Å². The molecule has 2 aromatic heterocycles. The highest BCUT2D eigenvalue weighted by Crippen LogP contribution is 2.41. The lowest BCUT2D eigenvalue weighted by molar-refractivity contribution is 1.06. The first-order valence-electron chi connectivity index (χ1n) is 14.8. The summed E-state index contributed by atoms with van der Waals surface area (Å²) in [4.78, 5) is 10.2. The number of fused-ring (bicyclic) bond motifs is 9. The van der Waals surface area contributed by atoms with Crippen LogP contribution in [0.2, 0.25) is 0 Å². The highest BCUT2D eigenvalue weighted by atomic mass is 32.1. The third-order valence-corrected chi connectivity index (χ3v) is 10.00. The highest BCUT2D eigenvalue weighted by molar-refractivity contribution is 7.26. The summed E-state index contributed by atoms with van der Waals surface area (Å²) in [6.07, 6.45) is 8.78. The van der Waals surface area contributed by atoms with Crippen LogP contribution in [0.1, 0.15) is 24.0 Å². The predicted octanol–water partition coefficient (Wildman–Crippen LogP) is 11.2. The maximum Gasteiger partial charge on any atom is 0.0979 e. The first-order valence-corrected chi connectivity index (χ1v) is 15.6. The quantitative estimate of drug-likeness (QED) is 0.199. The Labute approximate surface area is 253 Å². The van der Waals surface area contributed by atoms with Gasteiger partial charge >= 0.3 is 0 Å². The number of rotatable bonds is 3. The molecule has 2 nitrogen and oxygen atoms in total. The van der Waals surface area contributed by atoms with Crippen molar-refractivity contribution in [2.24, 2.45) is 0 Å². The zero-order valence-corrected chi connectivity index (χ0v) is 24.2. The van der Waals surface area contributed by atoms with Gasteiger partial charge in [0.25, 0.3) is 0 Å². The molecule has 0 spiro atoms. The average Bonchev–Trinajstić information content (AvgIpc) is 3.47. The van der Waals surface area contributed by atoms with E-state index >= 15 is 0 Å². The number of thiophene rings is 1. The van der Waals surface area contributed by atoms with E-state index in [9.17, 15) is 0 Å². The molecule has 2 heterocycles. The Kier molecular flexibility index (Phi) is 5.53. The summed E-state index contributed by atoms with van der Waals surface area (Å²) in [6, 6.07) is 41.3. The Hall–Kier alpha value is -5.12. The molecule has 6 aromatic carbocycles. The van der Waals surface area contributed by atoms with E-state index in [0.29, 0.717) is 0 Å². The topological polar surface area (TPSA) is 25.8 Å². The predicted molar refractivity (Wildman–Crippen MR) is 185 cm³/mol. The van der Waals surface area contributed by atoms with Gasteiger partial charge in [-0.3, -0.25) is 4.98 Å². The van der Waals surface area contributed by atoms with Gasteiger partial charge in [0.05, 0.1) is 22.9 Å². The maximum atomic E-state index is 5.24. The normalized spacial score (nSPS) is 13.7. The number of hydrogen-bond donors (Lipinski definition) is 0. The molecular formula is C40H26N2S. The summed E-state index contributed by atoms with van der Waals surface area (Å²) < 4.78 is 2.71. The monoisotopic (exact) mass is 566 g/mol. The maximum absolute atomic E-state index is 5.24. The zero-order chi connectivity index (χ0) is 28.3. The van der Waals surface area contributed by atoms with Crippen LogP contribution in [0.3, 0.4) is 0 Å². The largest absolute Gasteiger partial charge is 0.252 e. The Morgan fingerprint density at radius 1 is 0.581 bits per heavy atom. The minimum absolute atomic E-state index is 0.900. The summed E-state index contributed by atoms with van der Waals surface area (Å²) in [5, 5.41) is 7.40. The minimum Gasteiger partial charge on any atom is -0.252 e. The van der Waals surface area contributed by atoms with E-state index in [1.54, 1.807) is 0 Å². The Balaban J connectivity index is 1.14. The van der Waals surface area contributed by atoms with Crippen LogP contribution >= 0.6 is 11.3 Å². The van der Waals surface area contributed by atoms with E-state index in [0.717, 1.165) is 45.9 Å². The van der Waals surface area contributed by atoms with Crippen molar-refractivity contribution in [1.29, 1.82) is 0 Å². The lowest BCUT2D eigenvalue weighted by Crippen LogP contribution is -1.95. The Bertz CT molecular complexity index is 2430. The van der Waals surface area contributed by atoms with Gasteiger partial charge in [-0.25, -0.2) is 4.98 Å². The number of hydrogen-bond acceptors (Lipinski definition) is 3. The average molecular weight is 567 g/mol. The van der Waals surface area contributed by atoms with Crippen LogP contribution in [0.4, 0.5) is 0 Å². The third kappa shape index (κ3) is 3.93. The number of nitrogens with zero attached hydrogens (tertiary/aromatic N) is 2. The SMILES string of the molecule is C1=C(c2cccc(-c3cnc4c5ccccc5c5ccccc5c4n3)c2)CCC=C1c1cccc2c1sc1ccccc12. The smallest absolute Gasteiger partial charge is 0.0979 e. The summed E-state index contributed by atoms with van der Waals surface area (Å²) in [5.41, 5.74) is 9.15. The summed E-state index contributed by atoms with van der Waals surface area (Å²) in [5.74, 6) is 0. The van der Waals surface area contributed by atoms with Crippen LogP contribution in [-0.4, -0.2) is 9.97 Å². The minimum atomic E-state index is 0.900. The molecule has 0 fully saturated rings. The molecule has 0 unspecified atom stereocenters. The van der Waals surface area contributed by atoms with Crippen molar-refractivity contribution in [3.63, 3.8) is 0 Å². The number of aromatic nitrogens is 2. The number of allylic oxidation sites excluding steroid dienone is 4. The van der Waals surface area contributed by atoms with Crippen LogP contribution in [0.15, 0.2) is 134 Å². The molecule has 0 amide bonds. The van der Waals surface area contributed by atoms with Crippen LogP contribution in [0, 0.1) is 0 Å². The Morgan fingerprint density at radius 3 is 2.09 bits per heavy atom. The second kappa shape index (κ2) is 9.72. The van der Waals surface area contributed by atoms with Gasteiger partial charge in [-0.05, 0) is 58.0 Å². The molecule has 0 radical (unpaired) electrons. The second-order valence-corrected chi connectivity index (χ2v) is 12.3. The second-order valence-electron chi connectivity index (χ2n) is 11.3. The first kappa shape index (κ1) is 24.5. The summed E-state index contributed by atoms with van der Waals surface area (Å²) >= 11 is 1.90. The zero-order valence-electron chi connectivity index (χ0n) is 23.4. The molecule has 202 valence electrons. The molecule has 1 aliphatic carbocycles. The van der Waals surface area contributed by atoms with Crippen LogP contribution in [0.5, 0.6) is 0 Å². The molecule has 0 saturated heterocycles. The van der Waals surface area contributed by atoms with Crippen molar-refractivity contribution < 1.29 is 0 Å². The standard InChI is InChI=1S/C40H26N2S/c1-3-17-33-30(14-1)31-15-2-4-18-34(31)39-38(33)41-24-36(42-39)28-13-8-11-26(23-28)25-10-7-12-27(22-25)29-19-9-20-35-32-16-5-6-21-37(32)43-40(29)35/h1-6,8-9,11-24H,7,10H2. The lowest BCUT2D eigenvalue weighted by Gasteiger charge is -2.16. The molecular weight excluding hydrogens is 541 g/mol. The van der Waals surface area contributed by atoms with E-state index in [-0.39, 0.29) is 0 Å². The van der Waals surface area contributed by atoms with Gasteiger partial charge in [0.2, 0.25) is 0 Å². The van der Waals surface area contributed by atoms with E-state index < -0.39 is 0 Å². The molecule has 3 heteroatoms. The fourth-order valence-electron chi connectivity index (χ4n) is 6.73. The molecule has 0 atom stereocenters. The fraction of sp³-hybridized carbons (Fsp3) is 0.0500. The van der Waals surface area contributed by atoms with Crippen molar-refractivity contribution in [3.05, 3.63) is 145 Å². The van der Waals surface area contributed by atoms with Gasteiger partial charge in [-0.1, -0.05) is 115 Å². The van der Waals surface area contributed by atoms with Crippen molar-refractivity contribution in [2.75, 3.05) is 0 Å². The van der Waals surface area contributed by atoms with Gasteiger partial charge < -0.3 is 0 Å². The van der Waals surface area contributed by atoms with Gasteiger partial charge in [0, 0.05) is 36.5 Å². The van der Waals surface area contributed by atoms with Crippen molar-refractivity contribution in [2.45, 2.75) is 12.8 Å². The van der Waals surface area contributed by atoms with Crippen LogP contribution < -0.4 is 0 Å². The van der Waals surface area contributed by atoms with Crippen LogP contribution in [0.25, 0.3) is 75.2 Å². The molecule has 43 heavy (non-hydrogen) atoms.